The molecule has 0 aromatic heterocycles. The molecule has 0 aliphatic carbocycles. The molecule has 0 rings (SSSR count). The van der Waals surface area contributed by atoms with Gasteiger partial charge in [-0.05, 0) is 6.92 Å². The van der Waals surface area contributed by atoms with Crippen molar-refractivity contribution >= 4 is 11.8 Å². The Kier molecular flexibility index (Phi) is 5.46. The number of hydrogen-bond acceptors (Lipinski definition) is 3. The summed E-state index contributed by atoms with van der Waals surface area (Å²) in [6.45, 7) is 2.44. The maximum atomic E-state index is 12.8. The molecule has 0 saturated carbocycles. The van der Waals surface area contributed by atoms with E-state index in [4.69, 9.17) is 5.11 Å². The minimum absolute atomic E-state index is 0.176. The van der Waals surface area contributed by atoms with Crippen LogP contribution in [0.15, 0.2) is 11.3 Å². The minimum atomic E-state index is -6.17. The van der Waals surface area contributed by atoms with Crippen molar-refractivity contribution in [2.24, 2.45) is 0 Å². The van der Waals surface area contributed by atoms with E-state index < -0.39 is 35.2 Å². The Hall–Kier alpha value is -1.67. The zero-order valence-electron chi connectivity index (χ0n) is 9.98. The van der Waals surface area contributed by atoms with Gasteiger partial charge >= 0.3 is 18.1 Å². The van der Waals surface area contributed by atoms with Crippen LogP contribution >= 0.6 is 0 Å². The summed E-state index contributed by atoms with van der Waals surface area (Å²) in [5.41, 5.74) is -1.69. The number of hydrogen-bond donors (Lipinski definition) is 1. The van der Waals surface area contributed by atoms with E-state index in [1.165, 1.54) is 13.8 Å². The van der Waals surface area contributed by atoms with Crippen LogP contribution in [0.2, 0.25) is 0 Å². The molecule has 0 unspecified atom stereocenters. The molecule has 1 N–H and O–H groups in total. The third-order valence-electron chi connectivity index (χ3n) is 2.00. The fourth-order valence-electron chi connectivity index (χ4n) is 1.15. The summed E-state index contributed by atoms with van der Waals surface area (Å²) in [6, 6.07) is 0. The number of carboxylic acids is 1. The van der Waals surface area contributed by atoms with Crippen LogP contribution in [0.5, 0.6) is 0 Å². The average Bonchev–Trinajstić information content (AvgIpc) is 2.25. The largest absolute Gasteiger partial charge is 0.497 e. The fraction of sp³-hybridized carbons (Fsp3) is 0.600. The second-order valence-electron chi connectivity index (χ2n) is 3.29. The molecule has 0 aromatic rings. The van der Waals surface area contributed by atoms with Crippen LogP contribution in [-0.4, -0.2) is 35.6 Å². The third-order valence-corrected chi connectivity index (χ3v) is 2.00. The van der Waals surface area contributed by atoms with Gasteiger partial charge in [0.05, 0.1) is 6.61 Å². The highest BCUT2D eigenvalue weighted by Gasteiger charge is 2.64. The Bertz CT molecular complexity index is 397. The first-order chi connectivity index (χ1) is 8.50. The first-order valence-corrected chi connectivity index (χ1v) is 5.09. The van der Waals surface area contributed by atoms with Crippen LogP contribution in [0, 0.1) is 0 Å². The molecule has 0 aliphatic heterocycles. The maximum Gasteiger partial charge on any atom is 0.461 e. The molecule has 0 aliphatic rings. The monoisotopic (exact) mass is 290 g/mol. The zero-order valence-corrected chi connectivity index (χ0v) is 9.98. The van der Waals surface area contributed by atoms with Crippen LogP contribution in [0.4, 0.5) is 22.0 Å². The number of ketones is 1. The SMILES string of the molecule is CCOC(CC)=C(C(=O)O)C(=O)C(F)(F)C(F)(F)F. The van der Waals surface area contributed by atoms with Gasteiger partial charge < -0.3 is 9.84 Å². The van der Waals surface area contributed by atoms with Crippen molar-refractivity contribution in [2.45, 2.75) is 32.4 Å². The summed E-state index contributed by atoms with van der Waals surface area (Å²) in [7, 11) is 0. The average molecular weight is 290 g/mol. The van der Waals surface area contributed by atoms with Gasteiger partial charge in [0.1, 0.15) is 11.3 Å². The van der Waals surface area contributed by atoms with Gasteiger partial charge in [0.25, 0.3) is 5.78 Å². The number of rotatable bonds is 6. The third kappa shape index (κ3) is 3.65. The van der Waals surface area contributed by atoms with Crippen molar-refractivity contribution in [3.63, 3.8) is 0 Å². The van der Waals surface area contributed by atoms with E-state index in [1.54, 1.807) is 0 Å². The lowest BCUT2D eigenvalue weighted by atomic mass is 10.0. The quantitative estimate of drug-likeness (QED) is 0.268. The molecule has 0 heterocycles. The number of carboxylic acid groups (broad SMARTS) is 1. The fourth-order valence-corrected chi connectivity index (χ4v) is 1.15. The molecular weight excluding hydrogens is 279 g/mol. The van der Waals surface area contributed by atoms with Crippen LogP contribution in [0.25, 0.3) is 0 Å². The lowest BCUT2D eigenvalue weighted by molar-refractivity contribution is -0.266. The molecule has 0 fully saturated rings. The van der Waals surface area contributed by atoms with Gasteiger partial charge in [0.15, 0.2) is 0 Å². The number of carbonyl (C=O) groups excluding carboxylic acids is 1. The molecule has 0 radical (unpaired) electrons. The normalized spacial score (nSPS) is 13.8. The standard InChI is InChI=1S/C10H11F5O4/c1-3-5(19-4-2)6(8(17)18)7(16)9(11,12)10(13,14)15/h3-4H2,1-2H3,(H,17,18). The Morgan fingerprint density at radius 1 is 1.11 bits per heavy atom. The lowest BCUT2D eigenvalue weighted by Gasteiger charge is -2.19. The Morgan fingerprint density at radius 3 is 1.84 bits per heavy atom. The molecule has 0 saturated heterocycles. The molecule has 19 heavy (non-hydrogen) atoms. The second-order valence-corrected chi connectivity index (χ2v) is 3.29. The lowest BCUT2D eigenvalue weighted by Crippen LogP contribution is -2.46. The number of halogens is 5. The molecule has 4 nitrogen and oxygen atoms in total. The highest BCUT2D eigenvalue weighted by molar-refractivity contribution is 6.20. The summed E-state index contributed by atoms with van der Waals surface area (Å²) in [5, 5.41) is 8.64. The highest BCUT2D eigenvalue weighted by Crippen LogP contribution is 2.38. The summed E-state index contributed by atoms with van der Waals surface area (Å²) < 4.78 is 66.4. The van der Waals surface area contributed by atoms with Crippen LogP contribution < -0.4 is 0 Å². The van der Waals surface area contributed by atoms with E-state index in [1.807, 2.05) is 0 Å². The van der Waals surface area contributed by atoms with Crippen molar-refractivity contribution in [1.29, 1.82) is 0 Å². The number of Topliss-reactive ketones (excluding diaryl/α,β-unsaturated/α-hetero) is 1. The maximum absolute atomic E-state index is 12.8. The van der Waals surface area contributed by atoms with Gasteiger partial charge in [-0.1, -0.05) is 6.92 Å². The highest BCUT2D eigenvalue weighted by atomic mass is 19.4. The number of allylic oxidation sites excluding steroid dienone is 1. The summed E-state index contributed by atoms with van der Waals surface area (Å²) >= 11 is 0. The summed E-state index contributed by atoms with van der Waals surface area (Å²) in [6.07, 6.45) is -6.48. The van der Waals surface area contributed by atoms with E-state index in [2.05, 4.69) is 4.74 Å². The minimum Gasteiger partial charge on any atom is -0.497 e. The predicted octanol–water partition coefficient (Wildman–Crippen LogP) is 2.54. The number of aliphatic carboxylic acids is 1. The van der Waals surface area contributed by atoms with E-state index in [0.29, 0.717) is 0 Å². The Morgan fingerprint density at radius 2 is 1.58 bits per heavy atom. The molecule has 9 heteroatoms. The second kappa shape index (κ2) is 5.98. The number of alkyl halides is 5. The van der Waals surface area contributed by atoms with Gasteiger partial charge in [-0.25, -0.2) is 4.79 Å². The Labute approximate surface area is 104 Å². The molecule has 0 bridgehead atoms. The number of ether oxygens (including phenoxy) is 1. The van der Waals surface area contributed by atoms with Gasteiger partial charge in [-0.3, -0.25) is 4.79 Å². The Balaban J connectivity index is 5.82. The van der Waals surface area contributed by atoms with Crippen LogP contribution in [0.1, 0.15) is 20.3 Å². The van der Waals surface area contributed by atoms with Crippen LogP contribution in [0.3, 0.4) is 0 Å². The molecule has 0 atom stereocenters. The van der Waals surface area contributed by atoms with Crippen molar-refractivity contribution in [2.75, 3.05) is 6.61 Å². The van der Waals surface area contributed by atoms with Gasteiger partial charge in [0.2, 0.25) is 0 Å². The summed E-state index contributed by atoms with van der Waals surface area (Å²) in [4.78, 5) is 21.9. The molecule has 110 valence electrons. The van der Waals surface area contributed by atoms with Crippen molar-refractivity contribution in [1.82, 2.24) is 0 Å². The molecule has 0 aromatic carbocycles. The predicted molar refractivity (Wildman–Crippen MR) is 52.6 cm³/mol. The molecule has 0 amide bonds. The van der Waals surface area contributed by atoms with Crippen molar-refractivity contribution in [3.05, 3.63) is 11.3 Å². The van der Waals surface area contributed by atoms with Crippen molar-refractivity contribution < 1.29 is 41.4 Å². The van der Waals surface area contributed by atoms with E-state index in [-0.39, 0.29) is 13.0 Å². The van der Waals surface area contributed by atoms with Gasteiger partial charge in [0, 0.05) is 6.42 Å². The molecule has 0 spiro atoms. The zero-order chi connectivity index (χ0) is 15.4. The van der Waals surface area contributed by atoms with Crippen molar-refractivity contribution in [3.8, 4) is 0 Å². The van der Waals surface area contributed by atoms with E-state index in [0.717, 1.165) is 0 Å². The smallest absolute Gasteiger partial charge is 0.461 e. The summed E-state index contributed by atoms with van der Waals surface area (Å²) in [5.74, 6) is -11.5. The van der Waals surface area contributed by atoms with Crippen LogP contribution in [-0.2, 0) is 14.3 Å². The first kappa shape index (κ1) is 17.3. The van der Waals surface area contributed by atoms with E-state index >= 15 is 0 Å². The van der Waals surface area contributed by atoms with Gasteiger partial charge in [-0.2, -0.15) is 22.0 Å². The number of carbonyl (C=O) groups is 2. The van der Waals surface area contributed by atoms with E-state index in [9.17, 15) is 31.5 Å². The molecular formula is C10H11F5O4. The van der Waals surface area contributed by atoms with Gasteiger partial charge in [-0.15, -0.1) is 0 Å². The topological polar surface area (TPSA) is 63.6 Å². The first-order valence-electron chi connectivity index (χ1n) is 5.09.